The van der Waals surface area contributed by atoms with Gasteiger partial charge in [0.2, 0.25) is 10.0 Å². The second-order valence-electron chi connectivity index (χ2n) is 3.03. The van der Waals surface area contributed by atoms with Crippen LogP contribution in [0.4, 0.5) is 4.79 Å². The van der Waals surface area contributed by atoms with E-state index in [4.69, 9.17) is 5.73 Å². The van der Waals surface area contributed by atoms with Crippen LogP contribution in [0.5, 0.6) is 0 Å². The first kappa shape index (κ1) is 13.9. The summed E-state index contributed by atoms with van der Waals surface area (Å²) in [6.45, 7) is 0.174. The van der Waals surface area contributed by atoms with E-state index in [1.807, 2.05) is 0 Å². The summed E-state index contributed by atoms with van der Waals surface area (Å²) in [6.07, 6.45) is 2.71. The van der Waals surface area contributed by atoms with Crippen molar-refractivity contribution < 1.29 is 13.2 Å². The number of halogens is 1. The Kier molecular flexibility index (Phi) is 4.85. The summed E-state index contributed by atoms with van der Waals surface area (Å²) in [7, 11) is -3.62. The molecule has 0 saturated carbocycles. The van der Waals surface area contributed by atoms with Crippen molar-refractivity contribution in [2.45, 2.75) is 4.90 Å². The van der Waals surface area contributed by atoms with Crippen LogP contribution in [0.25, 0.3) is 0 Å². The Balaban J connectivity index is 2.60. The van der Waals surface area contributed by atoms with Crippen molar-refractivity contribution in [2.75, 3.05) is 13.1 Å². The van der Waals surface area contributed by atoms with Gasteiger partial charge in [0.1, 0.15) is 4.90 Å². The van der Waals surface area contributed by atoms with Gasteiger partial charge in [0.15, 0.2) is 0 Å². The molecule has 0 aromatic carbocycles. The zero-order valence-electron chi connectivity index (χ0n) is 8.68. The number of amides is 2. The molecule has 9 heteroatoms. The zero-order chi connectivity index (χ0) is 12.9. The van der Waals surface area contributed by atoms with Crippen molar-refractivity contribution >= 4 is 32.0 Å². The summed E-state index contributed by atoms with van der Waals surface area (Å²) in [4.78, 5) is 14.2. The van der Waals surface area contributed by atoms with Gasteiger partial charge in [0.05, 0.1) is 0 Å². The van der Waals surface area contributed by atoms with E-state index in [0.29, 0.717) is 4.47 Å². The average molecular weight is 323 g/mol. The number of carbonyl (C=O) groups excluding carboxylic acids is 1. The minimum absolute atomic E-state index is 0.0472. The molecular formula is C8H11BrN4O3S. The van der Waals surface area contributed by atoms with Crippen molar-refractivity contribution in [2.24, 2.45) is 5.73 Å². The van der Waals surface area contributed by atoms with Gasteiger partial charge >= 0.3 is 6.03 Å². The van der Waals surface area contributed by atoms with E-state index in [1.54, 1.807) is 0 Å². The molecule has 94 valence electrons. The molecule has 4 N–H and O–H groups in total. The van der Waals surface area contributed by atoms with Crippen LogP contribution in [-0.2, 0) is 10.0 Å². The van der Waals surface area contributed by atoms with Gasteiger partial charge in [-0.05, 0) is 22.0 Å². The van der Waals surface area contributed by atoms with Gasteiger partial charge in [-0.1, -0.05) is 0 Å². The highest BCUT2D eigenvalue weighted by atomic mass is 79.9. The second-order valence-corrected chi connectivity index (χ2v) is 5.71. The highest BCUT2D eigenvalue weighted by molar-refractivity contribution is 9.10. The van der Waals surface area contributed by atoms with Crippen LogP contribution in [-0.4, -0.2) is 32.5 Å². The smallest absolute Gasteiger partial charge is 0.312 e. The number of urea groups is 1. The van der Waals surface area contributed by atoms with Crippen molar-refractivity contribution in [1.29, 1.82) is 0 Å². The fourth-order valence-electron chi connectivity index (χ4n) is 0.994. The fourth-order valence-corrected chi connectivity index (χ4v) is 2.53. The molecule has 0 aliphatic carbocycles. The van der Waals surface area contributed by atoms with Crippen molar-refractivity contribution in [3.05, 3.63) is 22.9 Å². The molecule has 2 amide bonds. The summed E-state index contributed by atoms with van der Waals surface area (Å²) in [5, 5.41) is 2.27. The topological polar surface area (TPSA) is 114 Å². The lowest BCUT2D eigenvalue weighted by molar-refractivity contribution is 0.249. The minimum Gasteiger partial charge on any atom is -0.352 e. The van der Waals surface area contributed by atoms with Gasteiger partial charge in [0, 0.05) is 30.0 Å². The summed E-state index contributed by atoms with van der Waals surface area (Å²) < 4.78 is 26.3. The van der Waals surface area contributed by atoms with Crippen LogP contribution in [0.15, 0.2) is 27.8 Å². The fraction of sp³-hybridized carbons (Fsp3) is 0.250. The van der Waals surface area contributed by atoms with E-state index < -0.39 is 16.1 Å². The first-order chi connectivity index (χ1) is 7.92. The molecule has 0 saturated heterocycles. The van der Waals surface area contributed by atoms with E-state index in [-0.39, 0.29) is 18.0 Å². The van der Waals surface area contributed by atoms with Gasteiger partial charge in [-0.15, -0.1) is 0 Å². The van der Waals surface area contributed by atoms with Gasteiger partial charge in [-0.25, -0.2) is 17.9 Å². The maximum atomic E-state index is 11.7. The Bertz CT molecular complexity index is 505. The molecule has 17 heavy (non-hydrogen) atoms. The average Bonchev–Trinajstić information content (AvgIpc) is 2.24. The van der Waals surface area contributed by atoms with Gasteiger partial charge in [0.25, 0.3) is 0 Å². The van der Waals surface area contributed by atoms with E-state index >= 15 is 0 Å². The van der Waals surface area contributed by atoms with Crippen LogP contribution >= 0.6 is 15.9 Å². The molecule has 0 bridgehead atoms. The summed E-state index contributed by atoms with van der Waals surface area (Å²) in [6, 6.07) is 0.727. The third kappa shape index (κ3) is 4.67. The number of hydrogen-bond donors (Lipinski definition) is 3. The molecule has 1 aromatic rings. The van der Waals surface area contributed by atoms with Gasteiger partial charge in [-0.2, -0.15) is 0 Å². The number of sulfonamides is 1. The van der Waals surface area contributed by atoms with Crippen LogP contribution < -0.4 is 15.8 Å². The number of pyridine rings is 1. The summed E-state index contributed by atoms with van der Waals surface area (Å²) >= 11 is 3.13. The molecule has 0 atom stereocenters. The van der Waals surface area contributed by atoms with Gasteiger partial charge < -0.3 is 11.1 Å². The lowest BCUT2D eigenvalue weighted by Gasteiger charge is -2.06. The van der Waals surface area contributed by atoms with Crippen molar-refractivity contribution in [3.63, 3.8) is 0 Å². The number of aromatic nitrogens is 1. The molecule has 0 unspecified atom stereocenters. The number of carbonyl (C=O) groups is 1. The number of nitrogens with two attached hydrogens (primary N) is 1. The summed E-state index contributed by atoms with van der Waals surface area (Å²) in [5.41, 5.74) is 4.83. The first-order valence-corrected chi connectivity index (χ1v) is 6.83. The van der Waals surface area contributed by atoms with Crippen LogP contribution in [0.2, 0.25) is 0 Å². The Morgan fingerprint density at radius 1 is 1.41 bits per heavy atom. The van der Waals surface area contributed by atoms with Gasteiger partial charge in [-0.3, -0.25) is 4.98 Å². The molecule has 0 radical (unpaired) electrons. The lowest BCUT2D eigenvalue weighted by atomic mass is 10.5. The molecule has 7 nitrogen and oxygen atoms in total. The maximum absolute atomic E-state index is 11.7. The van der Waals surface area contributed by atoms with E-state index in [0.717, 1.165) is 0 Å². The van der Waals surface area contributed by atoms with Crippen molar-refractivity contribution in [3.8, 4) is 0 Å². The number of rotatable bonds is 5. The molecule has 1 rings (SSSR count). The molecular weight excluding hydrogens is 312 g/mol. The maximum Gasteiger partial charge on any atom is 0.312 e. The Morgan fingerprint density at radius 3 is 2.71 bits per heavy atom. The predicted octanol–water partition coefficient (Wildman–Crippen LogP) is -0.209. The molecule has 0 spiro atoms. The second kappa shape index (κ2) is 5.94. The quantitative estimate of drug-likeness (QED) is 0.651. The molecule has 0 fully saturated rings. The SMILES string of the molecule is NC(=O)NCCNS(=O)(=O)c1cncc(Br)c1. The number of hydrogen-bond acceptors (Lipinski definition) is 4. The third-order valence-corrected chi connectivity index (χ3v) is 3.57. The first-order valence-electron chi connectivity index (χ1n) is 4.55. The van der Waals surface area contributed by atoms with E-state index in [9.17, 15) is 13.2 Å². The molecule has 1 heterocycles. The molecule has 0 aliphatic heterocycles. The van der Waals surface area contributed by atoms with Crippen LogP contribution in [0, 0.1) is 0 Å². The Morgan fingerprint density at radius 2 is 2.12 bits per heavy atom. The largest absolute Gasteiger partial charge is 0.352 e. The highest BCUT2D eigenvalue weighted by Crippen LogP contribution is 2.13. The van der Waals surface area contributed by atoms with E-state index in [2.05, 4.69) is 31.0 Å². The normalized spacial score (nSPS) is 11.1. The Hall–Kier alpha value is -1.19. The molecule has 0 aliphatic rings. The molecule has 1 aromatic heterocycles. The summed E-state index contributed by atoms with van der Waals surface area (Å²) in [5.74, 6) is 0. The predicted molar refractivity (Wildman–Crippen MR) is 64.7 cm³/mol. The third-order valence-electron chi connectivity index (χ3n) is 1.71. The standard InChI is InChI=1S/C8H11BrN4O3S/c9-6-3-7(5-11-4-6)17(15,16)13-2-1-12-8(10)14/h3-5,13H,1-2H2,(H3,10,12,14). The lowest BCUT2D eigenvalue weighted by Crippen LogP contribution is -2.37. The highest BCUT2D eigenvalue weighted by Gasteiger charge is 2.13. The van der Waals surface area contributed by atoms with E-state index in [1.165, 1.54) is 18.5 Å². The van der Waals surface area contributed by atoms with Crippen molar-refractivity contribution in [1.82, 2.24) is 15.0 Å². The number of primary amides is 1. The van der Waals surface area contributed by atoms with Crippen LogP contribution in [0.3, 0.4) is 0 Å². The number of nitrogens with one attached hydrogen (secondary N) is 2. The number of nitrogens with zero attached hydrogens (tertiary/aromatic N) is 1. The Labute approximate surface area is 107 Å². The van der Waals surface area contributed by atoms with Crippen LogP contribution in [0.1, 0.15) is 0 Å². The minimum atomic E-state index is -3.62. The zero-order valence-corrected chi connectivity index (χ0v) is 11.1. The monoisotopic (exact) mass is 322 g/mol.